The minimum Gasteiger partial charge on any atom is -0.497 e. The Balaban J connectivity index is 0.00000200. The second-order valence-corrected chi connectivity index (χ2v) is 5.13. The van der Waals surface area contributed by atoms with Crippen molar-refractivity contribution in [2.75, 3.05) is 13.7 Å². The lowest BCUT2D eigenvalue weighted by molar-refractivity contribution is -0.121. The molecular weight excluding hydrogens is 276 g/mol. The van der Waals surface area contributed by atoms with Gasteiger partial charge in [0.2, 0.25) is 5.91 Å². The molecule has 2 atom stereocenters. The summed E-state index contributed by atoms with van der Waals surface area (Å²) in [6.07, 6.45) is 3.73. The maximum Gasteiger partial charge on any atom is 0.224 e. The lowest BCUT2D eigenvalue weighted by Crippen LogP contribution is -2.40. The first-order valence-corrected chi connectivity index (χ1v) is 6.85. The number of ether oxygens (including phenoxy) is 1. The van der Waals surface area contributed by atoms with Crippen molar-refractivity contribution in [1.29, 1.82) is 0 Å². The van der Waals surface area contributed by atoms with E-state index in [1.54, 1.807) is 7.11 Å². The van der Waals surface area contributed by atoms with Crippen LogP contribution in [0.25, 0.3) is 0 Å². The number of amides is 1. The first-order valence-electron chi connectivity index (χ1n) is 6.85. The molecule has 1 amide bonds. The molecule has 4 nitrogen and oxygen atoms in total. The summed E-state index contributed by atoms with van der Waals surface area (Å²) < 4.78 is 5.16. The van der Waals surface area contributed by atoms with E-state index in [4.69, 9.17) is 10.5 Å². The molecule has 1 saturated carbocycles. The Kier molecular flexibility index (Phi) is 6.82. The fourth-order valence-electron chi connectivity index (χ4n) is 2.73. The lowest BCUT2D eigenvalue weighted by Gasteiger charge is -2.19. The highest BCUT2D eigenvalue weighted by Crippen LogP contribution is 2.24. The number of methoxy groups -OCH3 is 1. The van der Waals surface area contributed by atoms with Crippen molar-refractivity contribution >= 4 is 18.3 Å². The summed E-state index contributed by atoms with van der Waals surface area (Å²) in [5.74, 6) is 1.29. The molecule has 1 aromatic rings. The SMILES string of the molecule is COc1cccc(CC(=O)NC2CCCC2CN)c1.Cl. The van der Waals surface area contributed by atoms with Crippen molar-refractivity contribution in [1.82, 2.24) is 5.32 Å². The van der Waals surface area contributed by atoms with Crippen molar-refractivity contribution in [3.63, 3.8) is 0 Å². The van der Waals surface area contributed by atoms with Crippen LogP contribution in [0, 0.1) is 5.92 Å². The molecule has 0 spiro atoms. The predicted molar refractivity (Wildman–Crippen MR) is 82.3 cm³/mol. The summed E-state index contributed by atoms with van der Waals surface area (Å²) in [6, 6.07) is 7.87. The molecule has 1 aliphatic rings. The summed E-state index contributed by atoms with van der Waals surface area (Å²) in [4.78, 5) is 12.0. The molecule has 0 aromatic heterocycles. The molecule has 0 bridgehead atoms. The Hall–Kier alpha value is -1.26. The van der Waals surface area contributed by atoms with Crippen molar-refractivity contribution in [2.24, 2.45) is 11.7 Å². The van der Waals surface area contributed by atoms with E-state index in [1.165, 1.54) is 0 Å². The van der Waals surface area contributed by atoms with E-state index in [0.717, 1.165) is 30.6 Å². The van der Waals surface area contributed by atoms with E-state index in [2.05, 4.69) is 5.32 Å². The van der Waals surface area contributed by atoms with Crippen LogP contribution in [0.4, 0.5) is 0 Å². The maximum absolute atomic E-state index is 12.0. The fraction of sp³-hybridized carbons (Fsp3) is 0.533. The molecule has 112 valence electrons. The number of halogens is 1. The van der Waals surface area contributed by atoms with E-state index in [-0.39, 0.29) is 24.4 Å². The van der Waals surface area contributed by atoms with E-state index in [0.29, 0.717) is 18.9 Å². The zero-order valence-corrected chi connectivity index (χ0v) is 12.6. The van der Waals surface area contributed by atoms with Gasteiger partial charge in [-0.05, 0) is 43.0 Å². The number of nitrogens with one attached hydrogen (secondary N) is 1. The van der Waals surface area contributed by atoms with Gasteiger partial charge in [0.25, 0.3) is 0 Å². The molecule has 0 aliphatic heterocycles. The fourth-order valence-corrected chi connectivity index (χ4v) is 2.73. The average Bonchev–Trinajstić information content (AvgIpc) is 2.86. The van der Waals surface area contributed by atoms with E-state index >= 15 is 0 Å². The topological polar surface area (TPSA) is 64.3 Å². The van der Waals surface area contributed by atoms with Crippen LogP contribution in [-0.2, 0) is 11.2 Å². The molecule has 0 heterocycles. The van der Waals surface area contributed by atoms with Crippen LogP contribution < -0.4 is 15.8 Å². The Morgan fingerprint density at radius 3 is 2.95 bits per heavy atom. The molecule has 1 aromatic carbocycles. The molecule has 0 radical (unpaired) electrons. The smallest absolute Gasteiger partial charge is 0.224 e. The summed E-state index contributed by atoms with van der Waals surface area (Å²) in [6.45, 7) is 0.657. The van der Waals surface area contributed by atoms with E-state index in [9.17, 15) is 4.79 Å². The number of rotatable bonds is 5. The van der Waals surface area contributed by atoms with Gasteiger partial charge in [0.1, 0.15) is 5.75 Å². The molecule has 5 heteroatoms. The summed E-state index contributed by atoms with van der Waals surface area (Å²) >= 11 is 0. The summed E-state index contributed by atoms with van der Waals surface area (Å²) in [5, 5.41) is 3.11. The minimum absolute atomic E-state index is 0. The highest BCUT2D eigenvalue weighted by atomic mass is 35.5. The zero-order chi connectivity index (χ0) is 13.7. The van der Waals surface area contributed by atoms with Gasteiger partial charge in [0.15, 0.2) is 0 Å². The van der Waals surface area contributed by atoms with Gasteiger partial charge in [-0.25, -0.2) is 0 Å². The molecule has 0 saturated heterocycles. The number of hydrogen-bond acceptors (Lipinski definition) is 3. The Labute approximate surface area is 126 Å². The van der Waals surface area contributed by atoms with Gasteiger partial charge in [0, 0.05) is 6.04 Å². The third kappa shape index (κ3) is 4.39. The predicted octanol–water partition coefficient (Wildman–Crippen LogP) is 1.90. The van der Waals surface area contributed by atoms with Gasteiger partial charge in [-0.15, -0.1) is 12.4 Å². The average molecular weight is 299 g/mol. The van der Waals surface area contributed by atoms with Crippen LogP contribution in [0.2, 0.25) is 0 Å². The molecule has 1 fully saturated rings. The third-order valence-electron chi connectivity index (χ3n) is 3.81. The quantitative estimate of drug-likeness (QED) is 0.873. The van der Waals surface area contributed by atoms with Crippen molar-refractivity contribution in [2.45, 2.75) is 31.7 Å². The highest BCUT2D eigenvalue weighted by molar-refractivity contribution is 5.85. The van der Waals surface area contributed by atoms with Crippen LogP contribution >= 0.6 is 12.4 Å². The molecule has 3 N–H and O–H groups in total. The number of carbonyl (C=O) groups is 1. The normalized spacial score (nSPS) is 21.1. The van der Waals surface area contributed by atoms with Crippen LogP contribution in [-0.4, -0.2) is 25.6 Å². The van der Waals surface area contributed by atoms with E-state index in [1.807, 2.05) is 24.3 Å². The summed E-state index contributed by atoms with van der Waals surface area (Å²) in [7, 11) is 1.63. The second kappa shape index (κ2) is 8.12. The first-order chi connectivity index (χ1) is 9.22. The molecule has 2 rings (SSSR count). The minimum atomic E-state index is 0. The largest absolute Gasteiger partial charge is 0.497 e. The molecule has 20 heavy (non-hydrogen) atoms. The van der Waals surface area contributed by atoms with Gasteiger partial charge >= 0.3 is 0 Å². The van der Waals surface area contributed by atoms with Gasteiger partial charge < -0.3 is 15.8 Å². The second-order valence-electron chi connectivity index (χ2n) is 5.13. The molecular formula is C15H23ClN2O2. The van der Waals surface area contributed by atoms with Crippen LogP contribution in [0.1, 0.15) is 24.8 Å². The van der Waals surface area contributed by atoms with Gasteiger partial charge in [-0.3, -0.25) is 4.79 Å². The zero-order valence-electron chi connectivity index (χ0n) is 11.8. The van der Waals surface area contributed by atoms with E-state index < -0.39 is 0 Å². The van der Waals surface area contributed by atoms with Crippen LogP contribution in [0.15, 0.2) is 24.3 Å². The lowest BCUT2D eigenvalue weighted by atomic mass is 10.0. The number of nitrogens with two attached hydrogens (primary N) is 1. The van der Waals surface area contributed by atoms with Crippen LogP contribution in [0.3, 0.4) is 0 Å². The Bertz CT molecular complexity index is 440. The van der Waals surface area contributed by atoms with Gasteiger partial charge in [-0.1, -0.05) is 18.6 Å². The van der Waals surface area contributed by atoms with Gasteiger partial charge in [-0.2, -0.15) is 0 Å². The summed E-state index contributed by atoms with van der Waals surface area (Å²) in [5.41, 5.74) is 6.69. The van der Waals surface area contributed by atoms with Gasteiger partial charge in [0.05, 0.1) is 13.5 Å². The van der Waals surface area contributed by atoms with Crippen molar-refractivity contribution in [3.8, 4) is 5.75 Å². The molecule has 1 aliphatic carbocycles. The Morgan fingerprint density at radius 1 is 1.45 bits per heavy atom. The van der Waals surface area contributed by atoms with Crippen LogP contribution in [0.5, 0.6) is 5.75 Å². The highest BCUT2D eigenvalue weighted by Gasteiger charge is 2.27. The molecule has 2 unspecified atom stereocenters. The standard InChI is InChI=1S/C15H22N2O2.ClH/c1-19-13-6-2-4-11(8-13)9-15(18)17-14-7-3-5-12(14)10-16;/h2,4,6,8,12,14H,3,5,7,9-10,16H2,1H3,(H,17,18);1H. The number of benzene rings is 1. The Morgan fingerprint density at radius 2 is 2.25 bits per heavy atom. The third-order valence-corrected chi connectivity index (χ3v) is 3.81. The van der Waals surface area contributed by atoms with Crippen molar-refractivity contribution < 1.29 is 9.53 Å². The monoisotopic (exact) mass is 298 g/mol. The first kappa shape index (κ1) is 16.8. The number of carbonyl (C=O) groups excluding carboxylic acids is 1. The maximum atomic E-state index is 12.0. The number of hydrogen-bond donors (Lipinski definition) is 2. The van der Waals surface area contributed by atoms with Crippen molar-refractivity contribution in [3.05, 3.63) is 29.8 Å².